The van der Waals surface area contributed by atoms with Crippen LogP contribution in [0.15, 0.2) is 18.5 Å². The molecule has 0 saturated carbocycles. The lowest BCUT2D eigenvalue weighted by molar-refractivity contribution is 0.714. The largest absolute Gasteiger partial charge is 0.373 e. The molecule has 0 atom stereocenters. The molecule has 0 aliphatic rings. The Bertz CT molecular complexity index is 489. The molecular formula is C11H15N5. The van der Waals surface area contributed by atoms with Gasteiger partial charge in [0.1, 0.15) is 11.6 Å². The summed E-state index contributed by atoms with van der Waals surface area (Å²) < 4.78 is 2.02. The maximum absolute atomic E-state index is 4.40. The van der Waals surface area contributed by atoms with Gasteiger partial charge < -0.3 is 9.88 Å². The van der Waals surface area contributed by atoms with Crippen LogP contribution in [0.4, 0.5) is 5.82 Å². The zero-order valence-corrected chi connectivity index (χ0v) is 9.73. The van der Waals surface area contributed by atoms with Gasteiger partial charge in [0, 0.05) is 31.2 Å². The van der Waals surface area contributed by atoms with Gasteiger partial charge in [-0.2, -0.15) is 0 Å². The molecule has 5 heteroatoms. The summed E-state index contributed by atoms with van der Waals surface area (Å²) in [4.78, 5) is 13.0. The summed E-state index contributed by atoms with van der Waals surface area (Å²) >= 11 is 0. The summed E-state index contributed by atoms with van der Waals surface area (Å²) in [7, 11) is 1.86. The lowest BCUT2D eigenvalue weighted by Gasteiger charge is -2.07. The fourth-order valence-electron chi connectivity index (χ4n) is 1.55. The second-order valence-corrected chi connectivity index (χ2v) is 3.66. The average Bonchev–Trinajstić information content (AvgIpc) is 2.63. The maximum atomic E-state index is 4.40. The Balaban J connectivity index is 2.28. The number of nitrogens with zero attached hydrogens (tertiary/aromatic N) is 4. The van der Waals surface area contributed by atoms with Crippen LogP contribution < -0.4 is 5.32 Å². The van der Waals surface area contributed by atoms with Crippen LogP contribution in [0.5, 0.6) is 0 Å². The molecule has 0 amide bonds. The second-order valence-electron chi connectivity index (χ2n) is 3.66. The van der Waals surface area contributed by atoms with E-state index in [9.17, 15) is 0 Å². The van der Waals surface area contributed by atoms with Gasteiger partial charge in [-0.25, -0.2) is 15.0 Å². The maximum Gasteiger partial charge on any atom is 0.150 e. The minimum atomic E-state index is 0.655. The van der Waals surface area contributed by atoms with Crippen LogP contribution in [0.1, 0.15) is 17.3 Å². The lowest BCUT2D eigenvalue weighted by Crippen LogP contribution is -2.07. The van der Waals surface area contributed by atoms with Crippen molar-refractivity contribution in [2.45, 2.75) is 20.4 Å². The molecule has 0 fully saturated rings. The normalized spacial score (nSPS) is 10.4. The SMILES string of the molecule is CNc1cc(C)nc(Cn2ccnc2C)n1. The highest BCUT2D eigenvalue weighted by Gasteiger charge is 2.03. The van der Waals surface area contributed by atoms with Crippen LogP contribution >= 0.6 is 0 Å². The quantitative estimate of drug-likeness (QED) is 0.844. The van der Waals surface area contributed by atoms with Crippen molar-refractivity contribution in [1.82, 2.24) is 19.5 Å². The van der Waals surface area contributed by atoms with Crippen LogP contribution in [0, 0.1) is 13.8 Å². The van der Waals surface area contributed by atoms with E-state index in [2.05, 4.69) is 20.3 Å². The smallest absolute Gasteiger partial charge is 0.150 e. The van der Waals surface area contributed by atoms with Gasteiger partial charge in [0.15, 0.2) is 5.82 Å². The van der Waals surface area contributed by atoms with Crippen molar-refractivity contribution in [2.75, 3.05) is 12.4 Å². The van der Waals surface area contributed by atoms with Gasteiger partial charge in [-0.15, -0.1) is 0 Å². The van der Waals surface area contributed by atoms with Gasteiger partial charge in [0.25, 0.3) is 0 Å². The first-order valence-electron chi connectivity index (χ1n) is 5.19. The summed E-state index contributed by atoms with van der Waals surface area (Å²) in [5, 5.41) is 3.03. The molecule has 0 bridgehead atoms. The predicted octanol–water partition coefficient (Wildman–Crippen LogP) is 1.38. The first kappa shape index (κ1) is 10.6. The number of anilines is 1. The van der Waals surface area contributed by atoms with Gasteiger partial charge in [-0.1, -0.05) is 0 Å². The molecule has 0 aromatic carbocycles. The molecular weight excluding hydrogens is 202 g/mol. The highest BCUT2D eigenvalue weighted by atomic mass is 15.1. The van der Waals surface area contributed by atoms with Gasteiger partial charge in [0.05, 0.1) is 6.54 Å². The van der Waals surface area contributed by atoms with E-state index in [-0.39, 0.29) is 0 Å². The topological polar surface area (TPSA) is 55.6 Å². The Kier molecular flexibility index (Phi) is 2.85. The van der Waals surface area contributed by atoms with Crippen LogP contribution in [-0.4, -0.2) is 26.6 Å². The molecule has 2 aromatic rings. The number of nitrogens with one attached hydrogen (secondary N) is 1. The number of hydrogen-bond acceptors (Lipinski definition) is 4. The Morgan fingerprint density at radius 3 is 2.75 bits per heavy atom. The first-order valence-corrected chi connectivity index (χ1v) is 5.19. The molecule has 0 saturated heterocycles. The fraction of sp³-hybridized carbons (Fsp3) is 0.364. The van der Waals surface area contributed by atoms with Gasteiger partial charge in [0.2, 0.25) is 0 Å². The summed E-state index contributed by atoms with van der Waals surface area (Å²) in [5.74, 6) is 2.61. The van der Waals surface area contributed by atoms with Crippen molar-refractivity contribution in [3.8, 4) is 0 Å². The molecule has 84 valence electrons. The molecule has 2 aromatic heterocycles. The highest BCUT2D eigenvalue weighted by molar-refractivity contribution is 5.34. The number of imidazole rings is 1. The van der Waals surface area contributed by atoms with E-state index in [1.165, 1.54) is 0 Å². The Morgan fingerprint density at radius 2 is 2.12 bits per heavy atom. The van der Waals surface area contributed by atoms with E-state index in [0.29, 0.717) is 6.54 Å². The summed E-state index contributed by atoms with van der Waals surface area (Å²) in [5.41, 5.74) is 0.965. The molecule has 16 heavy (non-hydrogen) atoms. The standard InChI is InChI=1S/C11H15N5/c1-8-6-10(12-3)15-11(14-8)7-16-5-4-13-9(16)2/h4-6H,7H2,1-3H3,(H,12,14,15). The third kappa shape index (κ3) is 2.18. The summed E-state index contributed by atoms with van der Waals surface area (Å²) in [6.45, 7) is 4.59. The van der Waals surface area contributed by atoms with Gasteiger partial charge >= 0.3 is 0 Å². The molecule has 2 heterocycles. The minimum Gasteiger partial charge on any atom is -0.373 e. The Hall–Kier alpha value is -1.91. The molecule has 5 nitrogen and oxygen atoms in total. The second kappa shape index (κ2) is 4.30. The fourth-order valence-corrected chi connectivity index (χ4v) is 1.55. The van der Waals surface area contributed by atoms with Crippen molar-refractivity contribution >= 4 is 5.82 Å². The van der Waals surface area contributed by atoms with Crippen LogP contribution in [-0.2, 0) is 6.54 Å². The van der Waals surface area contributed by atoms with E-state index in [1.807, 2.05) is 37.7 Å². The van der Waals surface area contributed by atoms with Gasteiger partial charge in [-0.05, 0) is 13.8 Å². The van der Waals surface area contributed by atoms with Crippen LogP contribution in [0.2, 0.25) is 0 Å². The molecule has 2 rings (SSSR count). The number of hydrogen-bond donors (Lipinski definition) is 1. The molecule has 0 spiro atoms. The van der Waals surface area contributed by atoms with Gasteiger partial charge in [-0.3, -0.25) is 0 Å². The van der Waals surface area contributed by atoms with E-state index >= 15 is 0 Å². The number of rotatable bonds is 3. The number of aromatic nitrogens is 4. The monoisotopic (exact) mass is 217 g/mol. The van der Waals surface area contributed by atoms with E-state index < -0.39 is 0 Å². The Labute approximate surface area is 94.6 Å². The van der Waals surface area contributed by atoms with Crippen molar-refractivity contribution in [3.63, 3.8) is 0 Å². The third-order valence-electron chi connectivity index (χ3n) is 2.39. The van der Waals surface area contributed by atoms with Crippen molar-refractivity contribution in [3.05, 3.63) is 35.8 Å². The van der Waals surface area contributed by atoms with E-state index in [0.717, 1.165) is 23.2 Å². The molecule has 0 unspecified atom stereocenters. The predicted molar refractivity (Wildman–Crippen MR) is 62.4 cm³/mol. The third-order valence-corrected chi connectivity index (χ3v) is 2.39. The first-order chi connectivity index (χ1) is 7.69. The zero-order chi connectivity index (χ0) is 11.5. The minimum absolute atomic E-state index is 0.655. The molecule has 0 aliphatic heterocycles. The average molecular weight is 217 g/mol. The molecule has 0 aliphatic carbocycles. The summed E-state index contributed by atoms with van der Waals surface area (Å²) in [6.07, 6.45) is 3.71. The van der Waals surface area contributed by atoms with Crippen molar-refractivity contribution in [1.29, 1.82) is 0 Å². The molecule has 1 N–H and O–H groups in total. The van der Waals surface area contributed by atoms with Crippen molar-refractivity contribution < 1.29 is 0 Å². The van der Waals surface area contributed by atoms with E-state index in [4.69, 9.17) is 0 Å². The van der Waals surface area contributed by atoms with E-state index in [1.54, 1.807) is 6.20 Å². The zero-order valence-electron chi connectivity index (χ0n) is 9.73. The van der Waals surface area contributed by atoms with Crippen LogP contribution in [0.25, 0.3) is 0 Å². The Morgan fingerprint density at radius 1 is 1.31 bits per heavy atom. The number of aryl methyl sites for hydroxylation is 2. The van der Waals surface area contributed by atoms with Crippen LogP contribution in [0.3, 0.4) is 0 Å². The van der Waals surface area contributed by atoms with Crippen molar-refractivity contribution in [2.24, 2.45) is 0 Å². The highest BCUT2D eigenvalue weighted by Crippen LogP contribution is 2.07. The lowest BCUT2D eigenvalue weighted by atomic mass is 10.4. The summed E-state index contributed by atoms with van der Waals surface area (Å²) in [6, 6.07) is 1.92. The molecule has 0 radical (unpaired) electrons.